The van der Waals surface area contributed by atoms with E-state index in [1.54, 1.807) is 24.5 Å². The molecular formula is C13H9Cl2N3O. The lowest BCUT2D eigenvalue weighted by molar-refractivity contribution is 0.580. The molecule has 19 heavy (non-hydrogen) atoms. The van der Waals surface area contributed by atoms with Crippen molar-refractivity contribution in [2.24, 2.45) is 0 Å². The largest absolute Gasteiger partial charge is 0.463 e. The summed E-state index contributed by atoms with van der Waals surface area (Å²) in [4.78, 5) is 0. The van der Waals surface area contributed by atoms with E-state index in [0.717, 1.165) is 11.1 Å². The Kier molecular flexibility index (Phi) is 2.97. The molecule has 0 radical (unpaired) electrons. The molecule has 96 valence electrons. The van der Waals surface area contributed by atoms with Gasteiger partial charge in [-0.05, 0) is 29.8 Å². The molecule has 0 saturated heterocycles. The highest BCUT2D eigenvalue weighted by Gasteiger charge is 2.17. The Hall–Kier alpha value is -1.91. The minimum absolute atomic E-state index is 0.379. The van der Waals surface area contributed by atoms with E-state index < -0.39 is 0 Å². The highest BCUT2D eigenvalue weighted by atomic mass is 35.5. The molecule has 2 aromatic heterocycles. The predicted octanol–water partition coefficient (Wildman–Crippen LogP) is 4.23. The first kappa shape index (κ1) is 12.1. The third-order valence-corrected chi connectivity index (χ3v) is 3.51. The van der Waals surface area contributed by atoms with Gasteiger partial charge in [-0.1, -0.05) is 29.3 Å². The van der Waals surface area contributed by atoms with Crippen molar-refractivity contribution in [3.63, 3.8) is 0 Å². The second-order valence-corrected chi connectivity index (χ2v) is 4.78. The lowest BCUT2D eigenvalue weighted by atomic mass is 10.0. The zero-order chi connectivity index (χ0) is 13.4. The van der Waals surface area contributed by atoms with Gasteiger partial charge in [-0.3, -0.25) is 5.10 Å². The summed E-state index contributed by atoms with van der Waals surface area (Å²) >= 11 is 11.9. The van der Waals surface area contributed by atoms with Gasteiger partial charge in [0.25, 0.3) is 0 Å². The summed E-state index contributed by atoms with van der Waals surface area (Å²) in [6.07, 6.45) is 1.59. The van der Waals surface area contributed by atoms with E-state index in [4.69, 9.17) is 33.4 Å². The van der Waals surface area contributed by atoms with Crippen molar-refractivity contribution in [1.82, 2.24) is 10.2 Å². The number of anilines is 1. The maximum atomic E-state index is 6.03. The van der Waals surface area contributed by atoms with Crippen LogP contribution in [0, 0.1) is 0 Å². The summed E-state index contributed by atoms with van der Waals surface area (Å²) in [6, 6.07) is 8.93. The fraction of sp³-hybridized carbons (Fsp3) is 0. The monoisotopic (exact) mass is 293 g/mol. The van der Waals surface area contributed by atoms with Gasteiger partial charge in [0.2, 0.25) is 0 Å². The van der Waals surface area contributed by atoms with Crippen molar-refractivity contribution < 1.29 is 4.42 Å². The van der Waals surface area contributed by atoms with Gasteiger partial charge in [0.1, 0.15) is 5.69 Å². The van der Waals surface area contributed by atoms with E-state index in [1.165, 1.54) is 0 Å². The molecule has 3 N–H and O–H groups in total. The van der Waals surface area contributed by atoms with Crippen LogP contribution in [0.2, 0.25) is 10.0 Å². The molecule has 6 heteroatoms. The number of rotatable bonds is 2. The van der Waals surface area contributed by atoms with Crippen LogP contribution in [0.4, 0.5) is 5.82 Å². The summed E-state index contributed by atoms with van der Waals surface area (Å²) in [6.45, 7) is 0. The van der Waals surface area contributed by atoms with E-state index in [2.05, 4.69) is 10.2 Å². The van der Waals surface area contributed by atoms with Crippen LogP contribution in [0.15, 0.2) is 41.0 Å². The zero-order valence-electron chi connectivity index (χ0n) is 9.65. The first-order valence-electron chi connectivity index (χ1n) is 5.50. The summed E-state index contributed by atoms with van der Waals surface area (Å²) < 4.78 is 5.36. The highest BCUT2D eigenvalue weighted by Crippen LogP contribution is 2.37. The van der Waals surface area contributed by atoms with Crippen LogP contribution in [-0.4, -0.2) is 10.2 Å². The molecule has 0 fully saturated rings. The number of hydrogen-bond acceptors (Lipinski definition) is 3. The Bertz CT molecular complexity index is 720. The van der Waals surface area contributed by atoms with Gasteiger partial charge < -0.3 is 10.2 Å². The van der Waals surface area contributed by atoms with E-state index in [9.17, 15) is 0 Å². The molecule has 0 unspecified atom stereocenters. The lowest BCUT2D eigenvalue weighted by Crippen LogP contribution is -1.88. The van der Waals surface area contributed by atoms with Gasteiger partial charge in [0.05, 0.1) is 21.9 Å². The van der Waals surface area contributed by atoms with E-state index in [-0.39, 0.29) is 0 Å². The number of halogens is 2. The Morgan fingerprint density at radius 2 is 2.00 bits per heavy atom. The molecule has 0 spiro atoms. The molecule has 1 aromatic carbocycles. The zero-order valence-corrected chi connectivity index (χ0v) is 11.2. The molecule has 0 atom stereocenters. The molecular weight excluding hydrogens is 285 g/mol. The molecule has 2 heterocycles. The maximum absolute atomic E-state index is 6.03. The number of nitrogens with one attached hydrogen (secondary N) is 1. The van der Waals surface area contributed by atoms with Gasteiger partial charge in [-0.25, -0.2) is 0 Å². The predicted molar refractivity (Wildman–Crippen MR) is 76.2 cm³/mol. The number of aromatic nitrogens is 2. The summed E-state index contributed by atoms with van der Waals surface area (Å²) in [5.74, 6) is 1.04. The average molecular weight is 294 g/mol. The van der Waals surface area contributed by atoms with Crippen molar-refractivity contribution in [3.8, 4) is 22.6 Å². The van der Waals surface area contributed by atoms with Gasteiger partial charge in [0, 0.05) is 0 Å². The van der Waals surface area contributed by atoms with Crippen molar-refractivity contribution in [2.45, 2.75) is 0 Å². The third kappa shape index (κ3) is 2.09. The van der Waals surface area contributed by atoms with E-state index in [0.29, 0.717) is 27.3 Å². The SMILES string of the molecule is Nc1n[nH]c(-c2ccco2)c1-c1ccc(Cl)c(Cl)c1. The number of benzene rings is 1. The Labute approximate surface area is 119 Å². The number of furan rings is 1. The van der Waals surface area contributed by atoms with Crippen LogP contribution in [0.3, 0.4) is 0 Å². The standard InChI is InChI=1S/C13H9Cl2N3O/c14-8-4-3-7(6-9(8)15)11-12(17-18-13(11)16)10-2-1-5-19-10/h1-6H,(H3,16,17,18). The maximum Gasteiger partial charge on any atom is 0.153 e. The average Bonchev–Trinajstić information content (AvgIpc) is 3.01. The van der Waals surface area contributed by atoms with Crippen molar-refractivity contribution in [1.29, 1.82) is 0 Å². The Morgan fingerprint density at radius 1 is 1.16 bits per heavy atom. The van der Waals surface area contributed by atoms with Crippen molar-refractivity contribution in [2.75, 3.05) is 5.73 Å². The van der Waals surface area contributed by atoms with Crippen LogP contribution >= 0.6 is 23.2 Å². The summed E-state index contributed by atoms with van der Waals surface area (Å²) in [7, 11) is 0. The van der Waals surface area contributed by atoms with Gasteiger partial charge in [-0.2, -0.15) is 5.10 Å². The number of aromatic amines is 1. The van der Waals surface area contributed by atoms with Crippen LogP contribution in [-0.2, 0) is 0 Å². The van der Waals surface area contributed by atoms with Crippen LogP contribution in [0.25, 0.3) is 22.6 Å². The molecule has 0 aliphatic carbocycles. The van der Waals surface area contributed by atoms with Crippen LogP contribution in [0.1, 0.15) is 0 Å². The van der Waals surface area contributed by atoms with Crippen LogP contribution in [0.5, 0.6) is 0 Å². The van der Waals surface area contributed by atoms with Gasteiger partial charge >= 0.3 is 0 Å². The molecule has 0 amide bonds. The number of nitrogens with two attached hydrogens (primary N) is 1. The Balaban J connectivity index is 2.19. The normalized spacial score (nSPS) is 10.8. The summed E-state index contributed by atoms with van der Waals surface area (Å²) in [5, 5.41) is 7.84. The van der Waals surface area contributed by atoms with E-state index >= 15 is 0 Å². The van der Waals surface area contributed by atoms with Gasteiger partial charge in [0.15, 0.2) is 11.6 Å². The minimum Gasteiger partial charge on any atom is -0.463 e. The second-order valence-electron chi connectivity index (χ2n) is 3.97. The van der Waals surface area contributed by atoms with Crippen molar-refractivity contribution >= 4 is 29.0 Å². The second kappa shape index (κ2) is 4.64. The lowest BCUT2D eigenvalue weighted by Gasteiger charge is -2.04. The molecule has 4 nitrogen and oxygen atoms in total. The van der Waals surface area contributed by atoms with E-state index in [1.807, 2.05) is 12.1 Å². The van der Waals surface area contributed by atoms with Gasteiger partial charge in [-0.15, -0.1) is 0 Å². The first-order valence-corrected chi connectivity index (χ1v) is 6.25. The quantitative estimate of drug-likeness (QED) is 0.743. The molecule has 0 aliphatic rings. The molecule has 3 aromatic rings. The molecule has 0 saturated carbocycles. The number of nitrogens with zero attached hydrogens (tertiary/aromatic N) is 1. The van der Waals surface area contributed by atoms with Crippen molar-refractivity contribution in [3.05, 3.63) is 46.6 Å². The topological polar surface area (TPSA) is 67.8 Å². The third-order valence-electron chi connectivity index (χ3n) is 2.77. The number of H-pyrrole nitrogens is 1. The highest BCUT2D eigenvalue weighted by molar-refractivity contribution is 6.42. The summed E-state index contributed by atoms with van der Waals surface area (Å²) in [5.41, 5.74) is 8.19. The fourth-order valence-corrected chi connectivity index (χ4v) is 2.20. The molecule has 0 bridgehead atoms. The van der Waals surface area contributed by atoms with Crippen LogP contribution < -0.4 is 5.73 Å². The Morgan fingerprint density at radius 3 is 2.68 bits per heavy atom. The molecule has 3 rings (SSSR count). The first-order chi connectivity index (χ1) is 9.16. The molecule has 0 aliphatic heterocycles. The number of nitrogen functional groups attached to an aromatic ring is 1. The number of hydrogen-bond donors (Lipinski definition) is 2. The fourth-order valence-electron chi connectivity index (χ4n) is 1.90. The smallest absolute Gasteiger partial charge is 0.153 e. The minimum atomic E-state index is 0.379.